The Bertz CT molecular complexity index is 1250. The van der Waals surface area contributed by atoms with Crippen LogP contribution in [-0.4, -0.2) is 75.9 Å². The number of hydrogen-bond donors (Lipinski definition) is 3. The number of nitrogens with zero attached hydrogens (tertiary/aromatic N) is 2. The zero-order valence-electron chi connectivity index (χ0n) is 25.4. The average molecular weight is 591 g/mol. The van der Waals surface area contributed by atoms with Gasteiger partial charge in [-0.15, -0.1) is 0 Å². The Morgan fingerprint density at radius 2 is 1.47 bits per heavy atom. The Morgan fingerprint density at radius 1 is 0.860 bits per heavy atom. The summed E-state index contributed by atoms with van der Waals surface area (Å²) in [5.41, 5.74) is 9.56. The zero-order chi connectivity index (χ0) is 30.9. The van der Waals surface area contributed by atoms with Crippen molar-refractivity contribution in [1.29, 1.82) is 0 Å². The van der Waals surface area contributed by atoms with Crippen LogP contribution in [0.2, 0.25) is 0 Å². The minimum absolute atomic E-state index is 0.217. The lowest BCUT2D eigenvalue weighted by Gasteiger charge is -2.32. The maximum Gasteiger partial charge on any atom is 0.305 e. The maximum absolute atomic E-state index is 13.8. The number of carbonyl (C=O) groups excluding carboxylic acids is 3. The molecule has 4 atom stereocenters. The van der Waals surface area contributed by atoms with E-state index in [2.05, 4.69) is 31.3 Å². The van der Waals surface area contributed by atoms with Crippen LogP contribution >= 0.6 is 0 Å². The van der Waals surface area contributed by atoms with Gasteiger partial charge in [-0.1, -0.05) is 68.4 Å². The molecule has 4 unspecified atom stereocenters. The number of rotatable bonds is 13. The van der Waals surface area contributed by atoms with E-state index in [0.29, 0.717) is 57.5 Å². The molecule has 4 N–H and O–H groups in total. The van der Waals surface area contributed by atoms with E-state index in [0.717, 1.165) is 24.0 Å². The molecule has 2 fully saturated rings. The smallest absolute Gasteiger partial charge is 0.305 e. The maximum atomic E-state index is 13.8. The van der Waals surface area contributed by atoms with Crippen LogP contribution in [0.5, 0.6) is 0 Å². The van der Waals surface area contributed by atoms with Crippen molar-refractivity contribution in [1.82, 2.24) is 15.1 Å². The number of aryl methyl sites for hydroxylation is 1. The quantitative estimate of drug-likeness (QED) is 0.328. The third-order valence-corrected chi connectivity index (χ3v) is 8.56. The molecule has 4 rings (SSSR count). The highest BCUT2D eigenvalue weighted by Crippen LogP contribution is 2.26. The van der Waals surface area contributed by atoms with E-state index in [1.165, 1.54) is 5.56 Å². The SMILES string of the molecule is CC(C)CCc1ccc(CC(N)C(=O)N2CCCC2C(=O)N2CCCC2C(=O)NC(CC(=O)O)Cc2ccccc2)cc1. The van der Waals surface area contributed by atoms with Gasteiger partial charge in [0.15, 0.2) is 0 Å². The van der Waals surface area contributed by atoms with Crippen molar-refractivity contribution in [2.45, 2.75) is 95.8 Å². The monoisotopic (exact) mass is 590 g/mol. The number of nitrogens with one attached hydrogen (secondary N) is 1. The molecule has 2 saturated heterocycles. The number of hydrogen-bond acceptors (Lipinski definition) is 5. The molecule has 2 aliphatic heterocycles. The lowest BCUT2D eigenvalue weighted by Crippen LogP contribution is -2.56. The summed E-state index contributed by atoms with van der Waals surface area (Å²) in [5.74, 6) is -1.19. The number of carboxylic acid groups (broad SMARTS) is 1. The summed E-state index contributed by atoms with van der Waals surface area (Å²) >= 11 is 0. The number of carbonyl (C=O) groups is 4. The topological polar surface area (TPSA) is 133 Å². The van der Waals surface area contributed by atoms with Crippen molar-refractivity contribution in [2.24, 2.45) is 11.7 Å². The molecular weight excluding hydrogens is 544 g/mol. The fourth-order valence-electron chi connectivity index (χ4n) is 6.21. The molecule has 2 aromatic carbocycles. The number of nitrogens with two attached hydrogens (primary N) is 1. The molecule has 0 saturated carbocycles. The van der Waals surface area contributed by atoms with Crippen LogP contribution in [0.4, 0.5) is 0 Å². The van der Waals surface area contributed by atoms with Crippen molar-refractivity contribution < 1.29 is 24.3 Å². The van der Waals surface area contributed by atoms with Gasteiger partial charge in [0.2, 0.25) is 17.7 Å². The van der Waals surface area contributed by atoms with Crippen LogP contribution < -0.4 is 11.1 Å². The normalized spacial score (nSPS) is 19.8. The van der Waals surface area contributed by atoms with Crippen molar-refractivity contribution in [3.63, 3.8) is 0 Å². The van der Waals surface area contributed by atoms with Gasteiger partial charge in [0.25, 0.3) is 0 Å². The second kappa shape index (κ2) is 15.1. The van der Waals surface area contributed by atoms with Crippen molar-refractivity contribution in [2.75, 3.05) is 13.1 Å². The molecule has 0 aliphatic carbocycles. The van der Waals surface area contributed by atoms with E-state index in [-0.39, 0.29) is 24.1 Å². The van der Waals surface area contributed by atoms with Gasteiger partial charge >= 0.3 is 5.97 Å². The largest absolute Gasteiger partial charge is 0.481 e. The van der Waals surface area contributed by atoms with E-state index in [9.17, 15) is 24.3 Å². The molecule has 232 valence electrons. The van der Waals surface area contributed by atoms with Crippen LogP contribution in [0.1, 0.15) is 69.1 Å². The number of carboxylic acids is 1. The zero-order valence-corrected chi connectivity index (χ0v) is 25.4. The van der Waals surface area contributed by atoms with E-state index in [1.54, 1.807) is 9.80 Å². The molecule has 0 aromatic heterocycles. The van der Waals surface area contributed by atoms with Gasteiger partial charge in [0, 0.05) is 19.1 Å². The summed E-state index contributed by atoms with van der Waals surface area (Å²) in [6.45, 7) is 5.30. The second-order valence-electron chi connectivity index (χ2n) is 12.4. The highest BCUT2D eigenvalue weighted by Gasteiger charge is 2.43. The Labute approximate surface area is 254 Å². The van der Waals surface area contributed by atoms with E-state index < -0.39 is 30.1 Å². The third kappa shape index (κ3) is 8.89. The standard InChI is InChI=1S/C34H46N4O5/c1-23(2)12-13-24-14-16-26(17-15-24)21-28(35)33(42)38-19-7-11-30(38)34(43)37-18-6-10-29(37)32(41)36-27(22-31(39)40)20-25-8-4-3-5-9-25/h3-5,8-9,14-17,23,27-30H,6-7,10-13,18-22,35H2,1-2H3,(H,36,41)(H,39,40). The summed E-state index contributed by atoms with van der Waals surface area (Å²) < 4.78 is 0. The van der Waals surface area contributed by atoms with Gasteiger partial charge in [0.1, 0.15) is 12.1 Å². The Hall–Kier alpha value is -3.72. The lowest BCUT2D eigenvalue weighted by molar-refractivity contribution is -0.147. The molecule has 9 nitrogen and oxygen atoms in total. The fraction of sp³-hybridized carbons (Fsp3) is 0.529. The number of benzene rings is 2. The highest BCUT2D eigenvalue weighted by molar-refractivity contribution is 5.94. The molecular formula is C34H46N4O5. The first-order valence-electron chi connectivity index (χ1n) is 15.6. The Kier molecular flexibility index (Phi) is 11.3. The van der Waals surface area contributed by atoms with Crippen molar-refractivity contribution in [3.05, 3.63) is 71.3 Å². The molecule has 2 aliphatic rings. The number of likely N-dealkylation sites (tertiary alicyclic amines) is 2. The first kappa shape index (κ1) is 32.2. The first-order valence-corrected chi connectivity index (χ1v) is 15.6. The molecule has 0 bridgehead atoms. The van der Waals surface area contributed by atoms with Crippen LogP contribution in [0.15, 0.2) is 54.6 Å². The second-order valence-corrected chi connectivity index (χ2v) is 12.4. The fourth-order valence-corrected chi connectivity index (χ4v) is 6.21. The summed E-state index contributed by atoms with van der Waals surface area (Å²) in [4.78, 5) is 55.3. The Balaban J connectivity index is 1.37. The number of aliphatic carboxylic acids is 1. The van der Waals surface area contributed by atoms with E-state index in [1.807, 2.05) is 42.5 Å². The predicted octanol–water partition coefficient (Wildman–Crippen LogP) is 3.33. The third-order valence-electron chi connectivity index (χ3n) is 8.56. The van der Waals surface area contributed by atoms with Crippen molar-refractivity contribution >= 4 is 23.7 Å². The summed E-state index contributed by atoms with van der Waals surface area (Å²) in [6.07, 6.45) is 5.08. The molecule has 9 heteroatoms. The van der Waals surface area contributed by atoms with Gasteiger partial charge < -0.3 is 26.0 Å². The molecule has 3 amide bonds. The van der Waals surface area contributed by atoms with Crippen LogP contribution in [0.25, 0.3) is 0 Å². The van der Waals surface area contributed by atoms with E-state index >= 15 is 0 Å². The molecule has 2 aromatic rings. The lowest BCUT2D eigenvalue weighted by atomic mass is 9.99. The number of amides is 3. The van der Waals surface area contributed by atoms with Gasteiger partial charge in [-0.2, -0.15) is 0 Å². The molecule has 0 radical (unpaired) electrons. The van der Waals surface area contributed by atoms with Crippen LogP contribution in [0, 0.1) is 5.92 Å². The predicted molar refractivity (Wildman–Crippen MR) is 165 cm³/mol. The van der Waals surface area contributed by atoms with Crippen LogP contribution in [0.3, 0.4) is 0 Å². The minimum Gasteiger partial charge on any atom is -0.481 e. The summed E-state index contributed by atoms with van der Waals surface area (Å²) in [6, 6.07) is 15.0. The van der Waals surface area contributed by atoms with E-state index in [4.69, 9.17) is 5.73 Å². The Morgan fingerprint density at radius 3 is 2.12 bits per heavy atom. The minimum atomic E-state index is -1.00. The van der Waals surface area contributed by atoms with Gasteiger partial charge in [0.05, 0.1) is 12.5 Å². The average Bonchev–Trinajstić information content (AvgIpc) is 3.67. The molecule has 43 heavy (non-hydrogen) atoms. The molecule has 0 spiro atoms. The molecule has 2 heterocycles. The highest BCUT2D eigenvalue weighted by atomic mass is 16.4. The first-order chi connectivity index (χ1) is 20.6. The van der Waals surface area contributed by atoms with Gasteiger partial charge in [-0.25, -0.2) is 0 Å². The van der Waals surface area contributed by atoms with Crippen LogP contribution in [-0.2, 0) is 38.4 Å². The van der Waals surface area contributed by atoms with Crippen molar-refractivity contribution in [3.8, 4) is 0 Å². The summed E-state index contributed by atoms with van der Waals surface area (Å²) in [5, 5.41) is 12.3. The van der Waals surface area contributed by atoms with Gasteiger partial charge in [-0.05, 0) is 74.0 Å². The van der Waals surface area contributed by atoms with Gasteiger partial charge in [-0.3, -0.25) is 19.2 Å². The summed E-state index contributed by atoms with van der Waals surface area (Å²) in [7, 11) is 0.